The van der Waals surface area contributed by atoms with Crippen LogP contribution in [0.3, 0.4) is 0 Å². The molecule has 3 aromatic rings. The second-order valence-electron chi connectivity index (χ2n) is 4.94. The molecule has 0 fully saturated rings. The summed E-state index contributed by atoms with van der Waals surface area (Å²) in [4.78, 5) is 23.7. The molecule has 0 amide bonds. The number of hydrogen-bond acceptors (Lipinski definition) is 4. The molecule has 1 heterocycles. The van der Waals surface area contributed by atoms with Gasteiger partial charge in [0.05, 0.1) is 18.0 Å². The van der Waals surface area contributed by atoms with Crippen molar-refractivity contribution in [2.75, 3.05) is 7.11 Å². The maximum Gasteiger partial charge on any atom is 0.341 e. The normalized spacial score (nSPS) is 11.0. The van der Waals surface area contributed by atoms with E-state index in [0.29, 0.717) is 22.0 Å². The molecule has 3 rings (SSSR count). The fraction of sp³-hybridized carbons (Fsp3) is 0.125. The monoisotopic (exact) mass is 299 g/mol. The van der Waals surface area contributed by atoms with Crippen LogP contribution in [0.25, 0.3) is 21.7 Å². The van der Waals surface area contributed by atoms with E-state index >= 15 is 0 Å². The molecule has 2 N–H and O–H groups in total. The maximum absolute atomic E-state index is 12.4. The van der Waals surface area contributed by atoms with E-state index in [2.05, 4.69) is 0 Å². The number of aromatic nitrogens is 1. The van der Waals surface area contributed by atoms with Crippen molar-refractivity contribution < 1.29 is 19.7 Å². The summed E-state index contributed by atoms with van der Waals surface area (Å²) in [6, 6.07) is 6.93. The number of phenols is 1. The molecular weight excluding hydrogens is 286 g/mol. The first-order valence-corrected chi connectivity index (χ1v) is 6.51. The number of phenolic OH excluding ortho intramolecular Hbond substituents is 1. The van der Waals surface area contributed by atoms with Gasteiger partial charge in [0.2, 0.25) is 5.43 Å². The maximum atomic E-state index is 12.4. The Kier molecular flexibility index (Phi) is 3.02. The van der Waals surface area contributed by atoms with E-state index in [-0.39, 0.29) is 11.1 Å². The minimum absolute atomic E-state index is 0.0575. The SMILES string of the molecule is COc1c2ccccc2c(O)c2c(=O)c(C(=O)O)cn(C)c12. The number of carboxylic acids is 1. The number of aromatic hydroxyl groups is 1. The van der Waals surface area contributed by atoms with Gasteiger partial charge in [-0.1, -0.05) is 24.3 Å². The van der Waals surface area contributed by atoms with Gasteiger partial charge in [-0.25, -0.2) is 4.79 Å². The van der Waals surface area contributed by atoms with Gasteiger partial charge in [-0.3, -0.25) is 4.79 Å². The Morgan fingerprint density at radius 1 is 1.23 bits per heavy atom. The number of nitrogens with zero attached hydrogens (tertiary/aromatic N) is 1. The van der Waals surface area contributed by atoms with Gasteiger partial charge in [-0.15, -0.1) is 0 Å². The van der Waals surface area contributed by atoms with Crippen LogP contribution in [0, 0.1) is 0 Å². The first kappa shape index (κ1) is 13.9. The van der Waals surface area contributed by atoms with Crippen LogP contribution < -0.4 is 10.2 Å². The zero-order valence-corrected chi connectivity index (χ0v) is 12.0. The van der Waals surface area contributed by atoms with Gasteiger partial charge in [0.15, 0.2) is 5.75 Å². The Labute approximate surface area is 124 Å². The molecule has 0 aliphatic carbocycles. The quantitative estimate of drug-likeness (QED) is 0.707. The number of rotatable bonds is 2. The first-order valence-electron chi connectivity index (χ1n) is 6.51. The minimum atomic E-state index is -1.34. The number of methoxy groups -OCH3 is 1. The van der Waals surface area contributed by atoms with Crippen molar-refractivity contribution in [1.29, 1.82) is 0 Å². The largest absolute Gasteiger partial charge is 0.506 e. The number of aryl methyl sites for hydroxylation is 1. The van der Waals surface area contributed by atoms with Crippen molar-refractivity contribution in [1.82, 2.24) is 4.57 Å². The summed E-state index contributed by atoms with van der Waals surface area (Å²) >= 11 is 0. The van der Waals surface area contributed by atoms with E-state index < -0.39 is 17.0 Å². The summed E-state index contributed by atoms with van der Waals surface area (Å²) in [6.45, 7) is 0. The highest BCUT2D eigenvalue weighted by Crippen LogP contribution is 2.40. The van der Waals surface area contributed by atoms with Crippen molar-refractivity contribution in [2.24, 2.45) is 7.05 Å². The highest BCUT2D eigenvalue weighted by Gasteiger charge is 2.22. The Morgan fingerprint density at radius 2 is 1.86 bits per heavy atom. The van der Waals surface area contributed by atoms with Crippen LogP contribution in [0.5, 0.6) is 11.5 Å². The number of ether oxygens (including phenoxy) is 1. The van der Waals surface area contributed by atoms with Crippen LogP contribution in [0.4, 0.5) is 0 Å². The number of carbonyl (C=O) groups is 1. The van der Waals surface area contributed by atoms with Gasteiger partial charge >= 0.3 is 5.97 Å². The molecule has 0 radical (unpaired) electrons. The lowest BCUT2D eigenvalue weighted by Crippen LogP contribution is -2.18. The molecule has 0 unspecified atom stereocenters. The van der Waals surface area contributed by atoms with Crippen molar-refractivity contribution in [3.05, 3.63) is 46.2 Å². The molecule has 0 bridgehead atoms. The predicted octanol–water partition coefficient (Wildman–Crippen LogP) is 2.10. The summed E-state index contributed by atoms with van der Waals surface area (Å²) in [5, 5.41) is 20.7. The van der Waals surface area contributed by atoms with Gasteiger partial charge in [-0.2, -0.15) is 0 Å². The second kappa shape index (κ2) is 4.77. The summed E-state index contributed by atoms with van der Waals surface area (Å²) in [7, 11) is 3.07. The Balaban J connectivity index is 2.70. The lowest BCUT2D eigenvalue weighted by atomic mass is 10.0. The number of aromatic carboxylic acids is 1. The predicted molar refractivity (Wildman–Crippen MR) is 81.9 cm³/mol. The molecule has 1 aromatic heterocycles. The molecule has 6 nitrogen and oxygen atoms in total. The van der Waals surface area contributed by atoms with Gasteiger partial charge in [-0.05, 0) is 0 Å². The summed E-state index contributed by atoms with van der Waals surface area (Å²) in [5.41, 5.74) is -0.779. The first-order chi connectivity index (χ1) is 10.5. The van der Waals surface area contributed by atoms with Crippen molar-refractivity contribution in [3.8, 4) is 11.5 Å². The van der Waals surface area contributed by atoms with Crippen molar-refractivity contribution in [2.45, 2.75) is 0 Å². The number of benzene rings is 2. The van der Waals surface area contributed by atoms with E-state index in [1.165, 1.54) is 17.9 Å². The number of carboxylic acid groups (broad SMARTS) is 1. The third kappa shape index (κ3) is 1.74. The molecule has 0 saturated heterocycles. The molecular formula is C16H13NO5. The minimum Gasteiger partial charge on any atom is -0.506 e. The molecule has 0 aliphatic heterocycles. The van der Waals surface area contributed by atoms with Crippen LogP contribution >= 0.6 is 0 Å². The summed E-state index contributed by atoms with van der Waals surface area (Å²) < 4.78 is 6.89. The molecule has 6 heteroatoms. The zero-order chi connectivity index (χ0) is 16.0. The third-order valence-corrected chi connectivity index (χ3v) is 3.70. The lowest BCUT2D eigenvalue weighted by molar-refractivity contribution is 0.0695. The van der Waals surface area contributed by atoms with Crippen LogP contribution in [0.2, 0.25) is 0 Å². The van der Waals surface area contributed by atoms with E-state index in [0.717, 1.165) is 0 Å². The average Bonchev–Trinajstić information content (AvgIpc) is 2.50. The third-order valence-electron chi connectivity index (χ3n) is 3.70. The number of pyridine rings is 1. The van der Waals surface area contributed by atoms with Crippen molar-refractivity contribution in [3.63, 3.8) is 0 Å². The molecule has 0 saturated carbocycles. The van der Waals surface area contributed by atoms with Gasteiger partial charge in [0, 0.05) is 24.0 Å². The van der Waals surface area contributed by atoms with Crippen LogP contribution in [-0.2, 0) is 7.05 Å². The van der Waals surface area contributed by atoms with Crippen LogP contribution in [0.15, 0.2) is 35.3 Å². The molecule has 0 aliphatic rings. The van der Waals surface area contributed by atoms with Crippen LogP contribution in [-0.4, -0.2) is 27.9 Å². The van der Waals surface area contributed by atoms with Gasteiger partial charge in [0.25, 0.3) is 0 Å². The van der Waals surface area contributed by atoms with E-state index in [9.17, 15) is 14.7 Å². The van der Waals surface area contributed by atoms with E-state index in [4.69, 9.17) is 9.84 Å². The van der Waals surface area contributed by atoms with Gasteiger partial charge in [0.1, 0.15) is 11.3 Å². The highest BCUT2D eigenvalue weighted by atomic mass is 16.5. The fourth-order valence-electron chi connectivity index (χ4n) is 2.74. The molecule has 112 valence electrons. The number of fused-ring (bicyclic) bond motifs is 2. The zero-order valence-electron chi connectivity index (χ0n) is 12.0. The summed E-state index contributed by atoms with van der Waals surface area (Å²) in [6.07, 6.45) is 1.23. The summed E-state index contributed by atoms with van der Waals surface area (Å²) in [5.74, 6) is -1.16. The number of hydrogen-bond donors (Lipinski definition) is 2. The standard InChI is InChI=1S/C16H13NO5/c1-17-7-10(16(20)21)14(19)11-12(17)15(22-2)9-6-4-3-5-8(9)13(11)18/h3-7,18H,1-2H3,(H,20,21). The van der Waals surface area contributed by atoms with Crippen molar-refractivity contribution >= 4 is 27.6 Å². The molecule has 0 spiro atoms. The Bertz CT molecular complexity index is 987. The topological polar surface area (TPSA) is 88.8 Å². The van der Waals surface area contributed by atoms with E-state index in [1.54, 1.807) is 31.3 Å². The molecule has 22 heavy (non-hydrogen) atoms. The Hall–Kier alpha value is -3.02. The lowest BCUT2D eigenvalue weighted by Gasteiger charge is -2.15. The fourth-order valence-corrected chi connectivity index (χ4v) is 2.74. The smallest absolute Gasteiger partial charge is 0.341 e. The van der Waals surface area contributed by atoms with E-state index in [1.807, 2.05) is 0 Å². The van der Waals surface area contributed by atoms with Crippen LogP contribution in [0.1, 0.15) is 10.4 Å². The second-order valence-corrected chi connectivity index (χ2v) is 4.94. The Morgan fingerprint density at radius 3 is 2.45 bits per heavy atom. The highest BCUT2D eigenvalue weighted by molar-refractivity contribution is 6.10. The average molecular weight is 299 g/mol. The molecule has 2 aromatic carbocycles. The van der Waals surface area contributed by atoms with Gasteiger partial charge < -0.3 is 19.5 Å². The molecule has 0 atom stereocenters.